The van der Waals surface area contributed by atoms with Crippen LogP contribution in [0.5, 0.6) is 5.75 Å². The number of anilines is 2. The molecule has 1 amide bonds. The number of nitrogens with zero attached hydrogens (tertiary/aromatic N) is 5. The second kappa shape index (κ2) is 10.1. The van der Waals surface area contributed by atoms with Gasteiger partial charge in [0.1, 0.15) is 30.3 Å². The van der Waals surface area contributed by atoms with Crippen LogP contribution in [0.1, 0.15) is 36.6 Å². The van der Waals surface area contributed by atoms with Crippen LogP contribution in [0.2, 0.25) is 5.02 Å². The van der Waals surface area contributed by atoms with Crippen molar-refractivity contribution in [2.45, 2.75) is 33.4 Å². The van der Waals surface area contributed by atoms with E-state index in [1.54, 1.807) is 45.2 Å². The number of rotatable bonds is 8. The maximum Gasteiger partial charge on any atom is 0.243 e. The van der Waals surface area contributed by atoms with E-state index in [0.29, 0.717) is 22.2 Å². The predicted octanol–water partition coefficient (Wildman–Crippen LogP) is 3.54. The number of hydrogen-bond acceptors (Lipinski definition) is 8. The van der Waals surface area contributed by atoms with E-state index in [9.17, 15) is 4.79 Å². The molecule has 180 valence electrons. The number of nitrogens with one attached hydrogen (secondary N) is 2. The van der Waals surface area contributed by atoms with Gasteiger partial charge in [0, 0.05) is 47.7 Å². The van der Waals surface area contributed by atoms with Crippen LogP contribution in [-0.4, -0.2) is 57.5 Å². The number of halogens is 1. The molecule has 1 unspecified atom stereocenters. The van der Waals surface area contributed by atoms with Crippen molar-refractivity contribution in [1.29, 1.82) is 5.41 Å². The van der Waals surface area contributed by atoms with Gasteiger partial charge in [-0.25, -0.2) is 9.97 Å². The van der Waals surface area contributed by atoms with Crippen LogP contribution in [0.4, 0.5) is 11.6 Å². The first-order valence-corrected chi connectivity index (χ1v) is 10.9. The van der Waals surface area contributed by atoms with Crippen molar-refractivity contribution in [3.05, 3.63) is 46.5 Å². The minimum Gasteiger partial charge on any atom is -0.496 e. The quantitative estimate of drug-likeness (QED) is 0.416. The van der Waals surface area contributed by atoms with E-state index < -0.39 is 0 Å². The van der Waals surface area contributed by atoms with E-state index >= 15 is 0 Å². The fraction of sp³-hybridized carbons (Fsp3) is 0.348. The minimum absolute atomic E-state index is 0.0654. The Hall–Kier alpha value is -3.66. The van der Waals surface area contributed by atoms with Crippen LogP contribution in [-0.2, 0) is 11.3 Å². The number of carbonyl (C=O) groups excluding carboxylic acids is 1. The van der Waals surface area contributed by atoms with Crippen molar-refractivity contribution in [2.75, 3.05) is 32.3 Å². The average molecular weight is 485 g/mol. The summed E-state index contributed by atoms with van der Waals surface area (Å²) >= 11 is 6.63. The highest BCUT2D eigenvalue weighted by Crippen LogP contribution is 2.42. The molecular formula is C23H29ClN8O2. The van der Waals surface area contributed by atoms with Gasteiger partial charge in [-0.3, -0.25) is 9.48 Å². The standard InChI is InChI=1S/C23H29ClN8O2/c1-12-17(24)7-16(14(3)30-23-20(13(2)25)22(26)27-11-28-23)21(34-6)19(12)15-8-29-32(9-15)10-18(33)31(4)5/h7-9,11,14,25H,10H2,1-6H3,(H3,26,27,28,30). The normalized spacial score (nSPS) is 11.7. The lowest BCUT2D eigenvalue weighted by molar-refractivity contribution is -0.129. The van der Waals surface area contributed by atoms with Gasteiger partial charge in [0.2, 0.25) is 5.91 Å². The molecule has 10 nitrogen and oxygen atoms in total. The van der Waals surface area contributed by atoms with Gasteiger partial charge in [-0.05, 0) is 32.4 Å². The Balaban J connectivity index is 2.05. The first-order chi connectivity index (χ1) is 16.0. The van der Waals surface area contributed by atoms with E-state index in [1.165, 1.54) is 11.2 Å². The zero-order valence-electron chi connectivity index (χ0n) is 20.1. The van der Waals surface area contributed by atoms with Crippen molar-refractivity contribution in [2.24, 2.45) is 0 Å². The van der Waals surface area contributed by atoms with Crippen molar-refractivity contribution in [3.8, 4) is 16.9 Å². The summed E-state index contributed by atoms with van der Waals surface area (Å²) in [6.07, 6.45) is 4.84. The maximum atomic E-state index is 12.1. The van der Waals surface area contributed by atoms with Gasteiger partial charge in [-0.2, -0.15) is 5.10 Å². The summed E-state index contributed by atoms with van der Waals surface area (Å²) in [6, 6.07) is 1.54. The molecule has 34 heavy (non-hydrogen) atoms. The second-order valence-electron chi connectivity index (χ2n) is 8.17. The summed E-state index contributed by atoms with van der Waals surface area (Å²) < 4.78 is 7.43. The molecule has 0 aliphatic carbocycles. The fourth-order valence-corrected chi connectivity index (χ4v) is 3.87. The Kier molecular flexibility index (Phi) is 7.41. The molecule has 3 aromatic rings. The van der Waals surface area contributed by atoms with E-state index in [0.717, 1.165) is 22.3 Å². The van der Waals surface area contributed by atoms with Crippen molar-refractivity contribution >= 4 is 34.9 Å². The van der Waals surface area contributed by atoms with E-state index in [2.05, 4.69) is 20.4 Å². The molecule has 3 rings (SSSR count). The summed E-state index contributed by atoms with van der Waals surface area (Å²) in [7, 11) is 5.00. The molecule has 11 heteroatoms. The van der Waals surface area contributed by atoms with Crippen molar-refractivity contribution in [3.63, 3.8) is 0 Å². The Morgan fingerprint density at radius 2 is 2.09 bits per heavy atom. The van der Waals surface area contributed by atoms with Gasteiger partial charge >= 0.3 is 0 Å². The number of aromatic nitrogens is 4. The molecule has 0 saturated carbocycles. The number of hydrogen-bond donors (Lipinski definition) is 3. The lowest BCUT2D eigenvalue weighted by atomic mass is 9.95. The van der Waals surface area contributed by atoms with Crippen LogP contribution in [0.25, 0.3) is 11.1 Å². The van der Waals surface area contributed by atoms with Crippen LogP contribution in [0, 0.1) is 12.3 Å². The molecule has 4 N–H and O–H groups in total. The number of likely N-dealkylation sites (N-methyl/N-ethyl adjacent to an activating group) is 1. The number of ether oxygens (including phenoxy) is 1. The van der Waals surface area contributed by atoms with Crippen LogP contribution in [0.15, 0.2) is 24.8 Å². The fourth-order valence-electron chi connectivity index (χ4n) is 3.65. The van der Waals surface area contributed by atoms with Crippen molar-refractivity contribution in [1.82, 2.24) is 24.6 Å². The number of methoxy groups -OCH3 is 1. The molecule has 2 heterocycles. The molecule has 1 aromatic carbocycles. The highest BCUT2D eigenvalue weighted by Gasteiger charge is 2.23. The van der Waals surface area contributed by atoms with E-state index in [4.69, 9.17) is 27.5 Å². The Bertz CT molecular complexity index is 1240. The molecule has 0 fully saturated rings. The van der Waals surface area contributed by atoms with Gasteiger partial charge in [-0.1, -0.05) is 11.6 Å². The van der Waals surface area contributed by atoms with E-state index in [-0.39, 0.29) is 30.0 Å². The first-order valence-electron chi connectivity index (χ1n) is 10.6. The summed E-state index contributed by atoms with van der Waals surface area (Å²) in [5.41, 5.74) is 9.85. The van der Waals surface area contributed by atoms with Crippen molar-refractivity contribution < 1.29 is 9.53 Å². The third-order valence-corrected chi connectivity index (χ3v) is 5.89. The number of amides is 1. The zero-order chi connectivity index (χ0) is 25.2. The van der Waals surface area contributed by atoms with Crippen LogP contribution < -0.4 is 15.8 Å². The smallest absolute Gasteiger partial charge is 0.243 e. The Morgan fingerprint density at radius 1 is 1.38 bits per heavy atom. The molecule has 0 saturated heterocycles. The topological polar surface area (TPSA) is 135 Å². The summed E-state index contributed by atoms with van der Waals surface area (Å²) in [6.45, 7) is 5.60. The number of nitrogen functional groups attached to an aromatic ring is 1. The third-order valence-electron chi connectivity index (χ3n) is 5.50. The van der Waals surface area contributed by atoms with E-state index in [1.807, 2.05) is 19.9 Å². The summed E-state index contributed by atoms with van der Waals surface area (Å²) in [4.78, 5) is 21.9. The molecular weight excluding hydrogens is 456 g/mol. The number of benzene rings is 1. The van der Waals surface area contributed by atoms with Gasteiger partial charge in [0.15, 0.2) is 0 Å². The van der Waals surface area contributed by atoms with Gasteiger partial charge < -0.3 is 26.1 Å². The molecule has 0 radical (unpaired) electrons. The Morgan fingerprint density at radius 3 is 2.71 bits per heavy atom. The van der Waals surface area contributed by atoms with Gasteiger partial charge in [0.05, 0.1) is 24.9 Å². The van der Waals surface area contributed by atoms with Gasteiger partial charge in [-0.15, -0.1) is 0 Å². The molecule has 0 bridgehead atoms. The molecule has 0 aliphatic heterocycles. The summed E-state index contributed by atoms with van der Waals surface area (Å²) in [5.74, 6) is 1.23. The molecule has 0 spiro atoms. The number of carbonyl (C=O) groups is 1. The lowest BCUT2D eigenvalue weighted by Crippen LogP contribution is -2.26. The Labute approximate surface area is 203 Å². The highest BCUT2D eigenvalue weighted by molar-refractivity contribution is 6.32. The SMILES string of the molecule is COc1c(C(C)Nc2ncnc(N)c2C(C)=N)cc(Cl)c(C)c1-c1cnn(CC(=O)N(C)C)c1. The molecule has 0 aliphatic rings. The van der Waals surface area contributed by atoms with Gasteiger partial charge in [0.25, 0.3) is 0 Å². The monoisotopic (exact) mass is 484 g/mol. The second-order valence-corrected chi connectivity index (χ2v) is 8.58. The molecule has 1 atom stereocenters. The van der Waals surface area contributed by atoms with Crippen LogP contribution in [0.3, 0.4) is 0 Å². The maximum absolute atomic E-state index is 12.1. The largest absolute Gasteiger partial charge is 0.496 e. The first kappa shape index (κ1) is 25.0. The predicted molar refractivity (Wildman–Crippen MR) is 134 cm³/mol. The number of nitrogens with two attached hydrogens (primary N) is 1. The highest BCUT2D eigenvalue weighted by atomic mass is 35.5. The minimum atomic E-state index is -0.301. The zero-order valence-corrected chi connectivity index (χ0v) is 20.9. The summed E-state index contributed by atoms with van der Waals surface area (Å²) in [5, 5.41) is 16.3. The molecule has 2 aromatic heterocycles. The average Bonchev–Trinajstić information content (AvgIpc) is 3.22. The lowest BCUT2D eigenvalue weighted by Gasteiger charge is -2.23. The van der Waals surface area contributed by atoms with Crippen LogP contribution >= 0.6 is 11.6 Å². The third kappa shape index (κ3) is 4.96.